The molecule has 0 radical (unpaired) electrons. The number of nitrogens with zero attached hydrogens (tertiary/aromatic N) is 2. The number of H-pyrrole nitrogens is 1. The fraction of sp³-hybridized carbons (Fsp3) is 0.636. The average Bonchev–Trinajstić information content (AvgIpc) is 3.00. The summed E-state index contributed by atoms with van der Waals surface area (Å²) in [6.07, 6.45) is 2.86. The van der Waals surface area contributed by atoms with Crippen molar-refractivity contribution in [2.45, 2.75) is 25.2 Å². The van der Waals surface area contributed by atoms with E-state index in [0.29, 0.717) is 6.42 Å². The topological polar surface area (TPSA) is 103 Å². The van der Waals surface area contributed by atoms with Crippen LogP contribution in [0.2, 0.25) is 0 Å². The number of carbonyl (C=O) groups is 1. The van der Waals surface area contributed by atoms with Crippen molar-refractivity contribution in [3.63, 3.8) is 0 Å². The predicted octanol–water partition coefficient (Wildman–Crippen LogP) is 0.531. The molecule has 2 N–H and O–H groups in total. The van der Waals surface area contributed by atoms with Gasteiger partial charge in [-0.15, -0.1) is 0 Å². The molecular formula is C11H17N3O4S. The monoisotopic (exact) mass is 287 g/mol. The van der Waals surface area contributed by atoms with Crippen molar-refractivity contribution >= 4 is 16.0 Å². The zero-order valence-corrected chi connectivity index (χ0v) is 11.6. The number of sulfonamides is 1. The largest absolute Gasteiger partial charge is 0.481 e. The maximum absolute atomic E-state index is 12.3. The van der Waals surface area contributed by atoms with E-state index >= 15 is 0 Å². The fourth-order valence-electron chi connectivity index (χ4n) is 2.42. The lowest BCUT2D eigenvalue weighted by atomic mass is 9.77. The standard InChI is InChI=1S/C11H17N3O4S/c1-8(2)11(10(15)16)3-4-14(7-11)19(17,18)9-5-12-13-6-9/h5-6,8H,3-4,7H2,1-2H3,(H,12,13)(H,15,16). The van der Waals surface area contributed by atoms with E-state index in [9.17, 15) is 18.3 Å². The summed E-state index contributed by atoms with van der Waals surface area (Å²) in [5, 5.41) is 15.5. The van der Waals surface area contributed by atoms with E-state index in [4.69, 9.17) is 0 Å². The van der Waals surface area contributed by atoms with Gasteiger partial charge in [0.25, 0.3) is 0 Å². The van der Waals surface area contributed by atoms with Gasteiger partial charge in [-0.1, -0.05) is 13.8 Å². The molecule has 0 amide bonds. The molecule has 0 aliphatic carbocycles. The lowest BCUT2D eigenvalue weighted by Gasteiger charge is -2.28. The first-order valence-corrected chi connectivity index (χ1v) is 7.47. The molecule has 2 heterocycles. The first-order chi connectivity index (χ1) is 8.80. The second kappa shape index (κ2) is 4.61. The van der Waals surface area contributed by atoms with Crippen LogP contribution in [-0.2, 0) is 14.8 Å². The number of aromatic amines is 1. The number of aliphatic carboxylic acids is 1. The van der Waals surface area contributed by atoms with E-state index in [1.54, 1.807) is 0 Å². The summed E-state index contributed by atoms with van der Waals surface area (Å²) >= 11 is 0. The number of carboxylic acid groups (broad SMARTS) is 1. The normalized spacial score (nSPS) is 25.0. The highest BCUT2D eigenvalue weighted by Gasteiger charge is 2.50. The number of hydrogen-bond acceptors (Lipinski definition) is 4. The highest BCUT2D eigenvalue weighted by molar-refractivity contribution is 7.89. The Balaban J connectivity index is 2.30. The molecule has 106 valence electrons. The molecular weight excluding hydrogens is 270 g/mol. The SMILES string of the molecule is CC(C)C1(C(=O)O)CCN(S(=O)(=O)c2cn[nH]c2)C1. The zero-order valence-electron chi connectivity index (χ0n) is 10.8. The van der Waals surface area contributed by atoms with Gasteiger partial charge in [-0.2, -0.15) is 9.40 Å². The highest BCUT2D eigenvalue weighted by Crippen LogP contribution is 2.40. The Labute approximate surface area is 111 Å². The number of rotatable bonds is 4. The third-order valence-corrected chi connectivity index (χ3v) is 5.72. The van der Waals surface area contributed by atoms with Gasteiger partial charge < -0.3 is 5.11 Å². The van der Waals surface area contributed by atoms with Gasteiger partial charge in [-0.25, -0.2) is 8.42 Å². The van der Waals surface area contributed by atoms with Gasteiger partial charge in [0, 0.05) is 19.3 Å². The summed E-state index contributed by atoms with van der Waals surface area (Å²) in [5.41, 5.74) is -1.00. The number of carboxylic acids is 1. The third kappa shape index (κ3) is 2.14. The lowest BCUT2D eigenvalue weighted by molar-refractivity contribution is -0.150. The van der Waals surface area contributed by atoms with E-state index in [-0.39, 0.29) is 23.9 Å². The molecule has 7 nitrogen and oxygen atoms in total. The zero-order chi connectivity index (χ0) is 14.3. The van der Waals surface area contributed by atoms with Crippen LogP contribution in [0.15, 0.2) is 17.3 Å². The maximum Gasteiger partial charge on any atom is 0.311 e. The summed E-state index contributed by atoms with van der Waals surface area (Å²) < 4.78 is 25.8. The van der Waals surface area contributed by atoms with Gasteiger partial charge in [-0.05, 0) is 12.3 Å². The van der Waals surface area contributed by atoms with Crippen molar-refractivity contribution < 1.29 is 18.3 Å². The predicted molar refractivity (Wildman–Crippen MR) is 66.9 cm³/mol. The molecule has 8 heteroatoms. The van der Waals surface area contributed by atoms with Crippen molar-refractivity contribution in [1.29, 1.82) is 0 Å². The molecule has 1 fully saturated rings. The second-order valence-electron chi connectivity index (χ2n) is 5.14. The van der Waals surface area contributed by atoms with Crippen molar-refractivity contribution in [2.24, 2.45) is 11.3 Å². The third-order valence-electron chi connectivity index (χ3n) is 3.91. The molecule has 19 heavy (non-hydrogen) atoms. The maximum atomic E-state index is 12.3. The number of hydrogen-bond donors (Lipinski definition) is 2. The van der Waals surface area contributed by atoms with Gasteiger partial charge >= 0.3 is 5.97 Å². The van der Waals surface area contributed by atoms with Gasteiger partial charge in [0.15, 0.2) is 0 Å². The van der Waals surface area contributed by atoms with Crippen LogP contribution in [0.25, 0.3) is 0 Å². The quantitative estimate of drug-likeness (QED) is 0.840. The molecule has 1 atom stereocenters. The summed E-state index contributed by atoms with van der Waals surface area (Å²) in [4.78, 5) is 11.6. The molecule has 1 aromatic rings. The minimum atomic E-state index is -3.66. The van der Waals surface area contributed by atoms with Crippen LogP contribution in [0.3, 0.4) is 0 Å². The molecule has 1 aliphatic rings. The lowest BCUT2D eigenvalue weighted by Crippen LogP contribution is -2.40. The Hall–Kier alpha value is -1.41. The van der Waals surface area contributed by atoms with Crippen molar-refractivity contribution in [1.82, 2.24) is 14.5 Å². The van der Waals surface area contributed by atoms with Crippen LogP contribution in [0.5, 0.6) is 0 Å². The first kappa shape index (κ1) is 14.0. The molecule has 0 spiro atoms. The van der Waals surface area contributed by atoms with E-state index in [2.05, 4.69) is 10.2 Å². The average molecular weight is 287 g/mol. The smallest absolute Gasteiger partial charge is 0.311 e. The highest BCUT2D eigenvalue weighted by atomic mass is 32.2. The molecule has 1 saturated heterocycles. The molecule has 0 bridgehead atoms. The molecule has 0 aromatic carbocycles. The summed E-state index contributed by atoms with van der Waals surface area (Å²) in [6.45, 7) is 3.84. The molecule has 1 aliphatic heterocycles. The van der Waals surface area contributed by atoms with Crippen LogP contribution < -0.4 is 0 Å². The molecule has 1 unspecified atom stereocenters. The van der Waals surface area contributed by atoms with E-state index in [0.717, 1.165) is 0 Å². The summed E-state index contributed by atoms with van der Waals surface area (Å²) in [7, 11) is -3.66. The first-order valence-electron chi connectivity index (χ1n) is 6.03. The van der Waals surface area contributed by atoms with Gasteiger partial charge in [-0.3, -0.25) is 9.89 Å². The molecule has 1 aromatic heterocycles. The van der Waals surface area contributed by atoms with Crippen LogP contribution in [0, 0.1) is 11.3 Å². The Morgan fingerprint density at radius 2 is 2.26 bits per heavy atom. The molecule has 0 saturated carbocycles. The van der Waals surface area contributed by atoms with Crippen molar-refractivity contribution in [2.75, 3.05) is 13.1 Å². The summed E-state index contributed by atoms with van der Waals surface area (Å²) in [5.74, 6) is -1.07. The van der Waals surface area contributed by atoms with E-state index in [1.165, 1.54) is 16.7 Å². The minimum absolute atomic E-state index is 0.00745. The number of aromatic nitrogens is 2. The van der Waals surface area contributed by atoms with Crippen molar-refractivity contribution in [3.05, 3.63) is 12.4 Å². The minimum Gasteiger partial charge on any atom is -0.481 e. The fourth-order valence-corrected chi connectivity index (χ4v) is 3.84. The Bertz CT molecular complexity index is 567. The van der Waals surface area contributed by atoms with Crippen LogP contribution >= 0.6 is 0 Å². The van der Waals surface area contributed by atoms with Crippen LogP contribution in [0.1, 0.15) is 20.3 Å². The Kier molecular flexibility index (Phi) is 3.40. The Morgan fingerprint density at radius 3 is 2.68 bits per heavy atom. The van der Waals surface area contributed by atoms with Crippen LogP contribution in [0.4, 0.5) is 0 Å². The van der Waals surface area contributed by atoms with Crippen molar-refractivity contribution in [3.8, 4) is 0 Å². The number of nitrogens with one attached hydrogen (secondary N) is 1. The Morgan fingerprint density at radius 1 is 1.58 bits per heavy atom. The van der Waals surface area contributed by atoms with Crippen LogP contribution in [-0.4, -0.2) is 47.1 Å². The van der Waals surface area contributed by atoms with E-state index < -0.39 is 21.4 Å². The van der Waals surface area contributed by atoms with E-state index in [1.807, 2.05) is 13.8 Å². The second-order valence-corrected chi connectivity index (χ2v) is 7.08. The van der Waals surface area contributed by atoms with Gasteiger partial charge in [0.2, 0.25) is 10.0 Å². The van der Waals surface area contributed by atoms with Gasteiger partial charge in [0.1, 0.15) is 4.90 Å². The molecule has 2 rings (SSSR count). The summed E-state index contributed by atoms with van der Waals surface area (Å²) in [6, 6.07) is 0. The van der Waals surface area contributed by atoms with Gasteiger partial charge in [0.05, 0.1) is 11.6 Å².